The summed E-state index contributed by atoms with van der Waals surface area (Å²) < 4.78 is 0. The SMILES string of the molecule is C=C(C)CN(CC)C(=O)c1c(C)[nH]c(C(=O)O)c1C. The highest BCUT2D eigenvalue weighted by Gasteiger charge is 2.24. The molecule has 1 rings (SSSR count). The van der Waals surface area contributed by atoms with E-state index in [9.17, 15) is 9.59 Å². The number of aromatic carboxylic acids is 1. The van der Waals surface area contributed by atoms with Gasteiger partial charge in [0.05, 0.1) is 5.56 Å². The minimum atomic E-state index is -1.05. The van der Waals surface area contributed by atoms with Gasteiger partial charge in [0.25, 0.3) is 5.91 Å². The Balaban J connectivity index is 3.18. The standard InChI is InChI=1S/C14H20N2O3/c1-6-16(7-8(2)3)13(17)11-9(4)12(14(18)19)15-10(11)5/h15H,2,6-7H2,1,3-5H3,(H,18,19). The van der Waals surface area contributed by atoms with Crippen LogP contribution in [-0.4, -0.2) is 40.0 Å². The molecule has 0 aromatic carbocycles. The zero-order valence-corrected chi connectivity index (χ0v) is 11.8. The van der Waals surface area contributed by atoms with Crippen molar-refractivity contribution in [1.29, 1.82) is 0 Å². The van der Waals surface area contributed by atoms with Gasteiger partial charge in [0.2, 0.25) is 0 Å². The highest BCUT2D eigenvalue weighted by atomic mass is 16.4. The highest BCUT2D eigenvalue weighted by molar-refractivity contribution is 6.00. The van der Waals surface area contributed by atoms with Crippen LogP contribution in [0, 0.1) is 13.8 Å². The summed E-state index contributed by atoms with van der Waals surface area (Å²) in [6, 6.07) is 0. The van der Waals surface area contributed by atoms with E-state index in [4.69, 9.17) is 5.11 Å². The molecule has 0 saturated carbocycles. The van der Waals surface area contributed by atoms with E-state index in [-0.39, 0.29) is 11.6 Å². The number of carbonyl (C=O) groups excluding carboxylic acids is 1. The van der Waals surface area contributed by atoms with Crippen LogP contribution < -0.4 is 0 Å². The molecule has 1 aromatic heterocycles. The van der Waals surface area contributed by atoms with Gasteiger partial charge >= 0.3 is 5.97 Å². The third kappa shape index (κ3) is 3.05. The molecule has 19 heavy (non-hydrogen) atoms. The molecule has 1 aromatic rings. The second-order valence-electron chi connectivity index (χ2n) is 4.71. The number of nitrogens with zero attached hydrogens (tertiary/aromatic N) is 1. The number of hydrogen-bond donors (Lipinski definition) is 2. The van der Waals surface area contributed by atoms with Crippen LogP contribution in [0.3, 0.4) is 0 Å². The van der Waals surface area contributed by atoms with Crippen molar-refractivity contribution < 1.29 is 14.7 Å². The topological polar surface area (TPSA) is 73.4 Å². The largest absolute Gasteiger partial charge is 0.477 e. The summed E-state index contributed by atoms with van der Waals surface area (Å²) in [5, 5.41) is 9.06. The van der Waals surface area contributed by atoms with Crippen LogP contribution in [0.2, 0.25) is 0 Å². The summed E-state index contributed by atoms with van der Waals surface area (Å²) in [5.74, 6) is -1.22. The van der Waals surface area contributed by atoms with E-state index < -0.39 is 5.97 Å². The van der Waals surface area contributed by atoms with E-state index in [1.165, 1.54) is 0 Å². The Kier molecular flexibility index (Phi) is 4.53. The van der Waals surface area contributed by atoms with Crippen LogP contribution in [-0.2, 0) is 0 Å². The minimum Gasteiger partial charge on any atom is -0.477 e. The Morgan fingerprint density at radius 1 is 1.37 bits per heavy atom. The molecular weight excluding hydrogens is 244 g/mol. The van der Waals surface area contributed by atoms with Gasteiger partial charge in [-0.3, -0.25) is 4.79 Å². The molecule has 0 unspecified atom stereocenters. The number of aromatic nitrogens is 1. The minimum absolute atomic E-state index is 0.0761. The molecule has 104 valence electrons. The summed E-state index contributed by atoms with van der Waals surface area (Å²) in [7, 11) is 0. The Hall–Kier alpha value is -2.04. The third-order valence-corrected chi connectivity index (χ3v) is 2.99. The molecule has 1 heterocycles. The molecule has 0 radical (unpaired) electrons. The van der Waals surface area contributed by atoms with Crippen LogP contribution in [0.15, 0.2) is 12.2 Å². The van der Waals surface area contributed by atoms with Crippen LogP contribution in [0.5, 0.6) is 0 Å². The molecule has 0 bridgehead atoms. The van der Waals surface area contributed by atoms with E-state index in [2.05, 4.69) is 11.6 Å². The Morgan fingerprint density at radius 2 is 1.95 bits per heavy atom. The van der Waals surface area contributed by atoms with Gasteiger partial charge in [-0.1, -0.05) is 12.2 Å². The smallest absolute Gasteiger partial charge is 0.352 e. The average molecular weight is 264 g/mol. The zero-order chi connectivity index (χ0) is 14.7. The summed E-state index contributed by atoms with van der Waals surface area (Å²) in [4.78, 5) is 27.9. The molecule has 0 spiro atoms. The fourth-order valence-corrected chi connectivity index (χ4v) is 2.10. The van der Waals surface area contributed by atoms with Gasteiger partial charge in [0.1, 0.15) is 5.69 Å². The normalized spacial score (nSPS) is 10.3. The number of carboxylic acids is 1. The number of carbonyl (C=O) groups is 2. The van der Waals surface area contributed by atoms with Crippen molar-refractivity contribution in [3.63, 3.8) is 0 Å². The van der Waals surface area contributed by atoms with Crippen molar-refractivity contribution in [3.05, 3.63) is 34.7 Å². The van der Waals surface area contributed by atoms with E-state index in [0.29, 0.717) is 29.9 Å². The second-order valence-corrected chi connectivity index (χ2v) is 4.71. The molecule has 1 amide bonds. The number of aryl methyl sites for hydroxylation is 1. The highest BCUT2D eigenvalue weighted by Crippen LogP contribution is 2.20. The van der Waals surface area contributed by atoms with Gasteiger partial charge in [0, 0.05) is 18.8 Å². The van der Waals surface area contributed by atoms with Crippen LogP contribution in [0.1, 0.15) is 46.0 Å². The maximum Gasteiger partial charge on any atom is 0.352 e. The number of nitrogens with one attached hydrogen (secondary N) is 1. The summed E-state index contributed by atoms with van der Waals surface area (Å²) >= 11 is 0. The lowest BCUT2D eigenvalue weighted by molar-refractivity contribution is 0.0690. The first kappa shape index (κ1) is 15.0. The molecule has 5 nitrogen and oxygen atoms in total. The Morgan fingerprint density at radius 3 is 2.32 bits per heavy atom. The first-order chi connectivity index (χ1) is 8.79. The fraction of sp³-hybridized carbons (Fsp3) is 0.429. The molecule has 0 saturated heterocycles. The number of amides is 1. The van der Waals surface area contributed by atoms with Crippen LogP contribution in [0.25, 0.3) is 0 Å². The average Bonchev–Trinajstić information content (AvgIpc) is 2.61. The number of aromatic amines is 1. The molecule has 0 aliphatic heterocycles. The van der Waals surface area contributed by atoms with Crippen molar-refractivity contribution in [2.24, 2.45) is 0 Å². The van der Waals surface area contributed by atoms with Crippen molar-refractivity contribution in [1.82, 2.24) is 9.88 Å². The predicted octanol–water partition coefficient (Wildman–Crippen LogP) is 2.37. The van der Waals surface area contributed by atoms with Crippen molar-refractivity contribution in [2.75, 3.05) is 13.1 Å². The molecule has 2 N–H and O–H groups in total. The first-order valence-electron chi connectivity index (χ1n) is 6.15. The lowest BCUT2D eigenvalue weighted by Gasteiger charge is -2.21. The van der Waals surface area contributed by atoms with E-state index in [1.807, 2.05) is 13.8 Å². The first-order valence-corrected chi connectivity index (χ1v) is 6.15. The predicted molar refractivity (Wildman–Crippen MR) is 73.6 cm³/mol. The fourth-order valence-electron chi connectivity index (χ4n) is 2.10. The van der Waals surface area contributed by atoms with Crippen molar-refractivity contribution in [3.8, 4) is 0 Å². The van der Waals surface area contributed by atoms with Gasteiger partial charge in [-0.05, 0) is 33.3 Å². The summed E-state index contributed by atoms with van der Waals surface area (Å²) in [6.45, 7) is 11.9. The molecular formula is C14H20N2O3. The Bertz CT molecular complexity index is 529. The van der Waals surface area contributed by atoms with E-state index >= 15 is 0 Å². The van der Waals surface area contributed by atoms with Gasteiger partial charge in [-0.25, -0.2) is 4.79 Å². The zero-order valence-electron chi connectivity index (χ0n) is 11.8. The molecule has 5 heteroatoms. The Labute approximate surface area is 112 Å². The lowest BCUT2D eigenvalue weighted by Crippen LogP contribution is -2.32. The number of rotatable bonds is 5. The van der Waals surface area contributed by atoms with Gasteiger partial charge in [0.15, 0.2) is 0 Å². The van der Waals surface area contributed by atoms with Crippen molar-refractivity contribution >= 4 is 11.9 Å². The molecule has 0 atom stereocenters. The van der Waals surface area contributed by atoms with Crippen LogP contribution >= 0.6 is 0 Å². The maximum atomic E-state index is 12.5. The number of hydrogen-bond acceptors (Lipinski definition) is 2. The summed E-state index contributed by atoms with van der Waals surface area (Å²) in [5.41, 5.74) is 2.47. The van der Waals surface area contributed by atoms with Crippen molar-refractivity contribution in [2.45, 2.75) is 27.7 Å². The summed E-state index contributed by atoms with van der Waals surface area (Å²) in [6.07, 6.45) is 0. The molecule has 0 aliphatic rings. The third-order valence-electron chi connectivity index (χ3n) is 2.99. The lowest BCUT2D eigenvalue weighted by atomic mass is 10.1. The number of likely N-dealkylation sites (N-methyl/N-ethyl adjacent to an activating group) is 1. The molecule has 0 aliphatic carbocycles. The number of carboxylic acid groups (broad SMARTS) is 1. The number of H-pyrrole nitrogens is 1. The van der Waals surface area contributed by atoms with Gasteiger partial charge in [-0.15, -0.1) is 0 Å². The quantitative estimate of drug-likeness (QED) is 0.802. The van der Waals surface area contributed by atoms with E-state index in [1.54, 1.807) is 18.7 Å². The second kappa shape index (κ2) is 5.73. The maximum absolute atomic E-state index is 12.5. The monoisotopic (exact) mass is 264 g/mol. The van der Waals surface area contributed by atoms with Gasteiger partial charge < -0.3 is 15.0 Å². The van der Waals surface area contributed by atoms with Crippen LogP contribution in [0.4, 0.5) is 0 Å². The van der Waals surface area contributed by atoms with Gasteiger partial charge in [-0.2, -0.15) is 0 Å². The van der Waals surface area contributed by atoms with E-state index in [0.717, 1.165) is 5.57 Å². The molecule has 0 fully saturated rings.